The molecule has 0 saturated heterocycles. The monoisotopic (exact) mass is 349 g/mol. The van der Waals surface area contributed by atoms with Crippen LogP contribution in [0.25, 0.3) is 21.5 Å². The fraction of sp³-hybridized carbons (Fsp3) is 0.111. The van der Waals surface area contributed by atoms with Crippen LogP contribution in [-0.4, -0.2) is 25.9 Å². The molecule has 0 aliphatic heterocycles. The molecule has 124 valence electrons. The lowest BCUT2D eigenvalue weighted by atomic mass is 10.1. The van der Waals surface area contributed by atoms with E-state index in [0.717, 1.165) is 21.5 Å². The molecule has 1 amide bonds. The van der Waals surface area contributed by atoms with Crippen LogP contribution in [0.1, 0.15) is 5.56 Å². The Morgan fingerprint density at radius 3 is 2.76 bits per heavy atom. The van der Waals surface area contributed by atoms with Gasteiger partial charge in [0.1, 0.15) is 12.2 Å². The van der Waals surface area contributed by atoms with E-state index in [2.05, 4.69) is 20.6 Å². The molecule has 2 aromatic carbocycles. The van der Waals surface area contributed by atoms with Crippen molar-refractivity contribution in [1.29, 1.82) is 0 Å². The van der Waals surface area contributed by atoms with Gasteiger partial charge in [-0.05, 0) is 19.1 Å². The molecule has 4 aromatic rings. The standard InChI is InChI=1S/C18H15N5OS/c1-12-6-8-13(9-7-12)15-10-23(22-21-15)11-17(24)20-18-19-14-4-2-3-5-16(14)25-18/h2-10H,11H2,1H3,(H,19,20,24). The van der Waals surface area contributed by atoms with E-state index < -0.39 is 0 Å². The number of hydrogen-bond acceptors (Lipinski definition) is 5. The van der Waals surface area contributed by atoms with E-state index in [1.807, 2.05) is 55.5 Å². The number of aryl methyl sites for hydroxylation is 1. The van der Waals surface area contributed by atoms with Gasteiger partial charge >= 0.3 is 0 Å². The lowest BCUT2D eigenvalue weighted by Crippen LogP contribution is -2.19. The molecule has 0 atom stereocenters. The summed E-state index contributed by atoms with van der Waals surface area (Å²) < 4.78 is 2.57. The van der Waals surface area contributed by atoms with Gasteiger partial charge in [0.15, 0.2) is 5.13 Å². The number of carbonyl (C=O) groups is 1. The highest BCUT2D eigenvalue weighted by Gasteiger charge is 2.10. The van der Waals surface area contributed by atoms with Gasteiger partial charge in [-0.1, -0.05) is 58.5 Å². The molecule has 1 N–H and O–H groups in total. The van der Waals surface area contributed by atoms with Crippen LogP contribution < -0.4 is 5.32 Å². The Labute approximate surface area is 148 Å². The minimum Gasteiger partial charge on any atom is -0.300 e. The molecule has 0 spiro atoms. The molecule has 2 heterocycles. The summed E-state index contributed by atoms with van der Waals surface area (Å²) in [5.41, 5.74) is 3.78. The molecule has 7 heteroatoms. The van der Waals surface area contributed by atoms with Crippen LogP contribution in [0, 0.1) is 6.92 Å². The number of rotatable bonds is 4. The van der Waals surface area contributed by atoms with Crippen molar-refractivity contribution in [2.75, 3.05) is 5.32 Å². The highest BCUT2D eigenvalue weighted by molar-refractivity contribution is 7.22. The van der Waals surface area contributed by atoms with Crippen molar-refractivity contribution in [3.8, 4) is 11.3 Å². The maximum absolute atomic E-state index is 12.2. The largest absolute Gasteiger partial charge is 0.300 e. The van der Waals surface area contributed by atoms with Crippen LogP contribution in [0.5, 0.6) is 0 Å². The predicted molar refractivity (Wildman–Crippen MR) is 98.4 cm³/mol. The van der Waals surface area contributed by atoms with E-state index in [4.69, 9.17) is 0 Å². The molecular weight excluding hydrogens is 334 g/mol. The van der Waals surface area contributed by atoms with Crippen LogP contribution in [0.15, 0.2) is 54.7 Å². The summed E-state index contributed by atoms with van der Waals surface area (Å²) in [6, 6.07) is 15.8. The van der Waals surface area contributed by atoms with E-state index >= 15 is 0 Å². The van der Waals surface area contributed by atoms with E-state index in [9.17, 15) is 4.79 Å². The van der Waals surface area contributed by atoms with Gasteiger partial charge < -0.3 is 5.32 Å². The summed E-state index contributed by atoms with van der Waals surface area (Å²) in [5.74, 6) is -0.181. The molecule has 0 bridgehead atoms. The Morgan fingerprint density at radius 1 is 1.16 bits per heavy atom. The van der Waals surface area contributed by atoms with Crippen LogP contribution in [0.2, 0.25) is 0 Å². The van der Waals surface area contributed by atoms with Crippen LogP contribution >= 0.6 is 11.3 Å². The SMILES string of the molecule is Cc1ccc(-c2cn(CC(=O)Nc3nc4ccccc4s3)nn2)cc1. The van der Waals surface area contributed by atoms with Crippen LogP contribution in [0.3, 0.4) is 0 Å². The van der Waals surface area contributed by atoms with Crippen LogP contribution in [-0.2, 0) is 11.3 Å². The van der Waals surface area contributed by atoms with E-state index in [0.29, 0.717) is 5.13 Å². The van der Waals surface area contributed by atoms with Crippen LogP contribution in [0.4, 0.5) is 5.13 Å². The molecule has 0 fully saturated rings. The summed E-state index contributed by atoms with van der Waals surface area (Å²) >= 11 is 1.45. The normalized spacial score (nSPS) is 10.9. The lowest BCUT2D eigenvalue weighted by molar-refractivity contribution is -0.116. The number of nitrogens with one attached hydrogen (secondary N) is 1. The third-order valence-corrected chi connectivity index (χ3v) is 4.68. The van der Waals surface area contributed by atoms with Gasteiger partial charge in [0.25, 0.3) is 0 Å². The number of nitrogens with zero attached hydrogens (tertiary/aromatic N) is 4. The molecule has 0 saturated carbocycles. The first-order chi connectivity index (χ1) is 12.2. The van der Waals surface area contributed by atoms with E-state index in [-0.39, 0.29) is 12.5 Å². The molecule has 0 unspecified atom stereocenters. The second-order valence-electron chi connectivity index (χ2n) is 5.70. The molecule has 6 nitrogen and oxygen atoms in total. The molecule has 25 heavy (non-hydrogen) atoms. The molecule has 0 aliphatic carbocycles. The van der Waals surface area contributed by atoms with Gasteiger partial charge in [-0.2, -0.15) is 0 Å². The molecule has 4 rings (SSSR count). The average molecular weight is 349 g/mol. The van der Waals surface area contributed by atoms with Gasteiger partial charge in [-0.3, -0.25) is 4.79 Å². The number of hydrogen-bond donors (Lipinski definition) is 1. The highest BCUT2D eigenvalue weighted by atomic mass is 32.1. The zero-order valence-electron chi connectivity index (χ0n) is 13.5. The first-order valence-electron chi connectivity index (χ1n) is 7.80. The number of para-hydroxylation sites is 1. The van der Waals surface area contributed by atoms with E-state index in [1.165, 1.54) is 21.6 Å². The van der Waals surface area contributed by atoms with E-state index in [1.54, 1.807) is 6.20 Å². The van der Waals surface area contributed by atoms with Crippen molar-refractivity contribution in [3.05, 3.63) is 60.3 Å². The number of amides is 1. The summed E-state index contributed by atoms with van der Waals surface area (Å²) in [6.45, 7) is 2.13. The van der Waals surface area contributed by atoms with Crippen molar-refractivity contribution < 1.29 is 4.79 Å². The second kappa shape index (κ2) is 6.45. The van der Waals surface area contributed by atoms with Crippen molar-refractivity contribution in [1.82, 2.24) is 20.0 Å². The Kier molecular flexibility index (Phi) is 3.99. The number of anilines is 1. The summed E-state index contributed by atoms with van der Waals surface area (Å²) in [4.78, 5) is 16.6. The minimum atomic E-state index is -0.181. The third-order valence-electron chi connectivity index (χ3n) is 3.73. The number of aromatic nitrogens is 4. The number of benzene rings is 2. The quantitative estimate of drug-likeness (QED) is 0.612. The number of thiazole rings is 1. The second-order valence-corrected chi connectivity index (χ2v) is 6.73. The number of fused-ring (bicyclic) bond motifs is 1. The highest BCUT2D eigenvalue weighted by Crippen LogP contribution is 2.25. The maximum Gasteiger partial charge on any atom is 0.247 e. The van der Waals surface area contributed by atoms with Gasteiger partial charge in [-0.15, -0.1) is 5.10 Å². The first-order valence-corrected chi connectivity index (χ1v) is 8.62. The molecule has 0 aliphatic rings. The molecular formula is C18H15N5OS. The number of carbonyl (C=O) groups excluding carboxylic acids is 1. The van der Waals surface area contributed by atoms with Crippen molar-refractivity contribution in [2.24, 2.45) is 0 Å². The van der Waals surface area contributed by atoms with Crippen molar-refractivity contribution >= 4 is 32.6 Å². The predicted octanol–water partition coefficient (Wildman–Crippen LogP) is 3.50. The smallest absolute Gasteiger partial charge is 0.247 e. The Hall–Kier alpha value is -3.06. The van der Waals surface area contributed by atoms with Gasteiger partial charge in [0.2, 0.25) is 5.91 Å². The van der Waals surface area contributed by atoms with Gasteiger partial charge in [0, 0.05) is 5.56 Å². The molecule has 0 radical (unpaired) electrons. The fourth-order valence-electron chi connectivity index (χ4n) is 2.46. The Bertz CT molecular complexity index is 1000. The average Bonchev–Trinajstić information content (AvgIpc) is 3.21. The first kappa shape index (κ1) is 15.5. The Balaban J connectivity index is 1.45. The zero-order valence-corrected chi connectivity index (χ0v) is 14.3. The Morgan fingerprint density at radius 2 is 1.96 bits per heavy atom. The fourth-order valence-corrected chi connectivity index (χ4v) is 3.35. The third kappa shape index (κ3) is 3.41. The van der Waals surface area contributed by atoms with Gasteiger partial charge in [0.05, 0.1) is 16.4 Å². The zero-order chi connectivity index (χ0) is 17.2. The lowest BCUT2D eigenvalue weighted by Gasteiger charge is -2.00. The minimum absolute atomic E-state index is 0.0921. The maximum atomic E-state index is 12.2. The van der Waals surface area contributed by atoms with Crippen molar-refractivity contribution in [2.45, 2.75) is 13.5 Å². The summed E-state index contributed by atoms with van der Waals surface area (Å²) in [6.07, 6.45) is 1.77. The summed E-state index contributed by atoms with van der Waals surface area (Å²) in [5, 5.41) is 11.6. The van der Waals surface area contributed by atoms with Gasteiger partial charge in [-0.25, -0.2) is 9.67 Å². The summed E-state index contributed by atoms with van der Waals surface area (Å²) in [7, 11) is 0. The topological polar surface area (TPSA) is 72.7 Å². The molecule has 2 aromatic heterocycles. The van der Waals surface area contributed by atoms with Crippen molar-refractivity contribution in [3.63, 3.8) is 0 Å².